The molecule has 7 nitrogen and oxygen atoms in total. The third-order valence-corrected chi connectivity index (χ3v) is 8.69. The fourth-order valence-electron chi connectivity index (χ4n) is 4.92. The Bertz CT molecular complexity index is 1280. The lowest BCUT2D eigenvalue weighted by Crippen LogP contribution is -2.44. The van der Waals surface area contributed by atoms with Gasteiger partial charge >= 0.3 is 0 Å². The molecule has 1 amide bonds. The number of ether oxygens (including phenoxy) is 1. The van der Waals surface area contributed by atoms with Crippen molar-refractivity contribution in [2.45, 2.75) is 38.3 Å². The normalized spacial score (nSPS) is 15.9. The summed E-state index contributed by atoms with van der Waals surface area (Å²) in [4.78, 5) is 15.3. The lowest BCUT2D eigenvalue weighted by molar-refractivity contribution is -0.138. The number of rotatable bonds is 8. The van der Waals surface area contributed by atoms with Gasteiger partial charge in [-0.25, -0.2) is 8.42 Å². The third kappa shape index (κ3) is 5.19. The van der Waals surface area contributed by atoms with E-state index >= 15 is 0 Å². The molecular formula is C27H33N3O4S. The van der Waals surface area contributed by atoms with Crippen molar-refractivity contribution in [3.8, 4) is 0 Å². The van der Waals surface area contributed by atoms with Crippen molar-refractivity contribution in [2.24, 2.45) is 0 Å². The second-order valence-corrected chi connectivity index (χ2v) is 11.1. The van der Waals surface area contributed by atoms with E-state index in [1.807, 2.05) is 86.5 Å². The Kier molecular flexibility index (Phi) is 7.44. The second kappa shape index (κ2) is 10.4. The number of aromatic nitrogens is 1. The lowest BCUT2D eigenvalue weighted by Gasteiger charge is -2.37. The van der Waals surface area contributed by atoms with Crippen LogP contribution in [0.25, 0.3) is 0 Å². The number of nitrogens with zero attached hydrogens (tertiary/aromatic N) is 3. The van der Waals surface area contributed by atoms with Crippen LogP contribution >= 0.6 is 0 Å². The average Bonchev–Trinajstić information content (AvgIpc) is 3.29. The third-order valence-electron chi connectivity index (χ3n) is 6.52. The fourth-order valence-corrected chi connectivity index (χ4v) is 6.48. The van der Waals surface area contributed by atoms with E-state index in [9.17, 15) is 13.2 Å². The van der Waals surface area contributed by atoms with Gasteiger partial charge in [-0.15, -0.1) is 0 Å². The minimum atomic E-state index is -3.65. The summed E-state index contributed by atoms with van der Waals surface area (Å²) in [5.74, 6) is -0.109. The van der Waals surface area contributed by atoms with Crippen LogP contribution in [0, 0.1) is 20.8 Å². The van der Waals surface area contributed by atoms with E-state index in [4.69, 9.17) is 4.74 Å². The first-order valence-electron chi connectivity index (χ1n) is 11.8. The van der Waals surface area contributed by atoms with Gasteiger partial charge in [0.2, 0.25) is 15.9 Å². The summed E-state index contributed by atoms with van der Waals surface area (Å²) in [6.45, 7) is 7.09. The number of carbonyl (C=O) groups is 1. The number of hydrogen-bond acceptors (Lipinski definition) is 4. The van der Waals surface area contributed by atoms with Crippen molar-refractivity contribution in [3.63, 3.8) is 0 Å². The van der Waals surface area contributed by atoms with Crippen LogP contribution in [0.15, 0.2) is 65.7 Å². The minimum absolute atomic E-state index is 0.0967. The number of aryl methyl sites for hydroxylation is 3. The van der Waals surface area contributed by atoms with Crippen LogP contribution < -0.4 is 0 Å². The molecule has 1 aliphatic rings. The highest BCUT2D eigenvalue weighted by molar-refractivity contribution is 7.89. The van der Waals surface area contributed by atoms with Gasteiger partial charge in [0.15, 0.2) is 0 Å². The van der Waals surface area contributed by atoms with E-state index in [2.05, 4.69) is 4.57 Å². The summed E-state index contributed by atoms with van der Waals surface area (Å²) < 4.78 is 35.4. The number of sulfonamides is 1. The second-order valence-electron chi connectivity index (χ2n) is 9.13. The van der Waals surface area contributed by atoms with Gasteiger partial charge in [-0.3, -0.25) is 4.79 Å². The molecule has 0 aliphatic carbocycles. The Labute approximate surface area is 208 Å². The number of carbonyl (C=O) groups excluding carboxylic acids is 1. The van der Waals surface area contributed by atoms with Crippen LogP contribution in [-0.4, -0.2) is 61.4 Å². The van der Waals surface area contributed by atoms with Crippen LogP contribution in [0.3, 0.4) is 0 Å². The van der Waals surface area contributed by atoms with Crippen molar-refractivity contribution in [1.29, 1.82) is 0 Å². The van der Waals surface area contributed by atoms with Gasteiger partial charge in [-0.2, -0.15) is 4.31 Å². The highest BCUT2D eigenvalue weighted by Crippen LogP contribution is 2.32. The number of amides is 1. The molecule has 186 valence electrons. The smallest absolute Gasteiger partial charge is 0.249 e. The molecule has 0 radical (unpaired) electrons. The first-order chi connectivity index (χ1) is 16.7. The molecule has 0 saturated carbocycles. The molecular weight excluding hydrogens is 462 g/mol. The molecule has 2 heterocycles. The Morgan fingerprint density at radius 1 is 1.03 bits per heavy atom. The first kappa shape index (κ1) is 25.2. The number of likely N-dealkylation sites (N-methyl/N-ethyl adjacent to an activating group) is 1. The van der Waals surface area contributed by atoms with Crippen LogP contribution in [0.4, 0.5) is 0 Å². The summed E-state index contributed by atoms with van der Waals surface area (Å²) in [6.07, 6.45) is 2.04. The summed E-state index contributed by atoms with van der Waals surface area (Å²) in [6, 6.07) is 17.6. The SMILES string of the molecule is Cc1cc(C)c(S(=O)(=O)N(C)CCOCC(=O)N2CCn3cccc3C2c2ccccc2)c(C)c1. The molecule has 1 atom stereocenters. The topological polar surface area (TPSA) is 71.8 Å². The zero-order valence-corrected chi connectivity index (χ0v) is 21.6. The Morgan fingerprint density at radius 2 is 1.71 bits per heavy atom. The molecule has 3 aromatic rings. The Balaban J connectivity index is 1.39. The summed E-state index contributed by atoms with van der Waals surface area (Å²) in [7, 11) is -2.11. The predicted octanol–water partition coefficient (Wildman–Crippen LogP) is 3.68. The molecule has 1 unspecified atom stereocenters. The molecule has 2 aromatic carbocycles. The van der Waals surface area contributed by atoms with Crippen molar-refractivity contribution in [3.05, 3.63) is 88.7 Å². The van der Waals surface area contributed by atoms with E-state index in [0.29, 0.717) is 11.4 Å². The summed E-state index contributed by atoms with van der Waals surface area (Å²) in [5.41, 5.74) is 4.61. The standard InChI is InChI=1S/C27H33N3O4S/c1-20-17-21(2)27(22(3)18-20)35(32,33)28(4)15-16-34-19-25(31)30-14-13-29-12-8-11-24(29)26(30)23-9-6-5-7-10-23/h5-12,17-18,26H,13-16,19H2,1-4H3. The largest absolute Gasteiger partial charge is 0.370 e. The molecule has 4 rings (SSSR count). The van der Waals surface area contributed by atoms with Crippen molar-refractivity contribution < 1.29 is 17.9 Å². The van der Waals surface area contributed by atoms with Crippen LogP contribution in [0.2, 0.25) is 0 Å². The first-order valence-corrected chi connectivity index (χ1v) is 13.3. The molecule has 8 heteroatoms. The van der Waals surface area contributed by atoms with Gasteiger partial charge in [0.05, 0.1) is 17.5 Å². The van der Waals surface area contributed by atoms with E-state index < -0.39 is 10.0 Å². The van der Waals surface area contributed by atoms with E-state index in [1.165, 1.54) is 4.31 Å². The molecule has 0 spiro atoms. The van der Waals surface area contributed by atoms with Gasteiger partial charge < -0.3 is 14.2 Å². The van der Waals surface area contributed by atoms with E-state index in [1.54, 1.807) is 7.05 Å². The highest BCUT2D eigenvalue weighted by atomic mass is 32.2. The molecule has 35 heavy (non-hydrogen) atoms. The Hall–Kier alpha value is -2.94. The lowest BCUT2D eigenvalue weighted by atomic mass is 10.00. The number of fused-ring (bicyclic) bond motifs is 1. The summed E-state index contributed by atoms with van der Waals surface area (Å²) >= 11 is 0. The zero-order chi connectivity index (χ0) is 25.2. The Morgan fingerprint density at radius 3 is 2.40 bits per heavy atom. The van der Waals surface area contributed by atoms with Crippen LogP contribution in [0.1, 0.15) is 34.0 Å². The highest BCUT2D eigenvalue weighted by Gasteiger charge is 2.32. The quantitative estimate of drug-likeness (QED) is 0.447. The molecule has 1 aromatic heterocycles. The van der Waals surface area contributed by atoms with Gasteiger partial charge in [-0.05, 0) is 49.6 Å². The van der Waals surface area contributed by atoms with E-state index in [-0.39, 0.29) is 31.7 Å². The molecule has 0 N–H and O–H groups in total. The average molecular weight is 496 g/mol. The van der Waals surface area contributed by atoms with Crippen molar-refractivity contribution in [2.75, 3.05) is 33.4 Å². The minimum Gasteiger partial charge on any atom is -0.370 e. The monoisotopic (exact) mass is 495 g/mol. The van der Waals surface area contributed by atoms with Crippen LogP contribution in [-0.2, 0) is 26.1 Å². The van der Waals surface area contributed by atoms with Gasteiger partial charge in [0.25, 0.3) is 0 Å². The number of benzene rings is 2. The predicted molar refractivity (Wildman–Crippen MR) is 136 cm³/mol. The maximum absolute atomic E-state index is 13.2. The molecule has 1 aliphatic heterocycles. The van der Waals surface area contributed by atoms with Gasteiger partial charge in [0.1, 0.15) is 6.61 Å². The van der Waals surface area contributed by atoms with Gasteiger partial charge in [0, 0.05) is 38.6 Å². The summed E-state index contributed by atoms with van der Waals surface area (Å²) in [5, 5.41) is 0. The van der Waals surface area contributed by atoms with Gasteiger partial charge in [-0.1, -0.05) is 48.0 Å². The van der Waals surface area contributed by atoms with Crippen molar-refractivity contribution in [1.82, 2.24) is 13.8 Å². The van der Waals surface area contributed by atoms with Crippen molar-refractivity contribution >= 4 is 15.9 Å². The molecule has 0 bridgehead atoms. The maximum atomic E-state index is 13.2. The molecule has 0 fully saturated rings. The zero-order valence-electron chi connectivity index (χ0n) is 20.8. The van der Waals surface area contributed by atoms with Crippen LogP contribution in [0.5, 0.6) is 0 Å². The number of hydrogen-bond donors (Lipinski definition) is 0. The van der Waals surface area contributed by atoms with E-state index in [0.717, 1.165) is 34.5 Å². The fraction of sp³-hybridized carbons (Fsp3) is 0.370. The maximum Gasteiger partial charge on any atom is 0.249 e. The molecule has 0 saturated heterocycles.